The van der Waals surface area contributed by atoms with Crippen LogP contribution in [0.1, 0.15) is 34.6 Å². The Bertz CT molecular complexity index is 1050. The molecule has 1 heterocycles. The molecule has 0 unspecified atom stereocenters. The van der Waals surface area contributed by atoms with Crippen molar-refractivity contribution in [2.75, 3.05) is 13.8 Å². The van der Waals surface area contributed by atoms with Crippen molar-refractivity contribution < 1.29 is 29.2 Å². The number of benzene rings is 2. The van der Waals surface area contributed by atoms with Crippen molar-refractivity contribution in [3.05, 3.63) is 59.8 Å². The Morgan fingerprint density at radius 1 is 1.23 bits per heavy atom. The monoisotopic (exact) mass is 425 g/mol. The van der Waals surface area contributed by atoms with Gasteiger partial charge in [0.25, 0.3) is 11.7 Å². The number of amides is 2. The van der Waals surface area contributed by atoms with Crippen LogP contribution in [-0.4, -0.2) is 42.4 Å². The molecule has 2 aromatic carbocycles. The van der Waals surface area contributed by atoms with E-state index in [1.54, 1.807) is 43.4 Å². The Kier molecular flexibility index (Phi) is 6.44. The van der Waals surface area contributed by atoms with Crippen molar-refractivity contribution in [3.63, 3.8) is 0 Å². The molecule has 0 fully saturated rings. The van der Waals surface area contributed by atoms with Gasteiger partial charge in [0, 0.05) is 31.5 Å². The molecule has 162 valence electrons. The lowest BCUT2D eigenvalue weighted by molar-refractivity contribution is -0.115. The molecular formula is C22H25N4O5+. The van der Waals surface area contributed by atoms with Crippen molar-refractivity contribution in [2.24, 2.45) is 5.73 Å². The number of rotatable bonds is 6. The summed E-state index contributed by atoms with van der Waals surface area (Å²) in [6.07, 6.45) is 2.49. The Balaban J connectivity index is 1.88. The number of amidine groups is 1. The maximum atomic E-state index is 12.6. The first-order valence-corrected chi connectivity index (χ1v) is 9.60. The van der Waals surface area contributed by atoms with Gasteiger partial charge in [0.15, 0.2) is 6.73 Å². The predicted octanol–water partition coefficient (Wildman–Crippen LogP) is 1.05. The average Bonchev–Trinajstić information content (AvgIpc) is 2.70. The van der Waals surface area contributed by atoms with Gasteiger partial charge in [0.2, 0.25) is 0 Å². The van der Waals surface area contributed by atoms with Crippen LogP contribution < -0.4 is 30.7 Å². The van der Waals surface area contributed by atoms with Gasteiger partial charge >= 0.3 is 5.91 Å². The second-order valence-corrected chi connectivity index (χ2v) is 7.16. The maximum Gasteiger partial charge on any atom is 0.339 e. The minimum atomic E-state index is -0.447. The molecule has 0 aromatic heterocycles. The molecule has 0 atom stereocenters. The minimum Gasteiger partial charge on any atom is -0.491 e. The molecule has 1 aliphatic heterocycles. The third-order valence-electron chi connectivity index (χ3n) is 4.23. The molecule has 1 aliphatic rings. The quantitative estimate of drug-likeness (QED) is 0.469. The molecule has 9 nitrogen and oxygen atoms in total. The van der Waals surface area contributed by atoms with Gasteiger partial charge < -0.3 is 24.8 Å². The molecule has 5 N–H and O–H groups in total. The van der Waals surface area contributed by atoms with Crippen LogP contribution in [-0.2, 0) is 0 Å². The molecule has 3 rings (SSSR count). The van der Waals surface area contributed by atoms with Crippen molar-refractivity contribution >= 4 is 17.6 Å². The highest BCUT2D eigenvalue weighted by Crippen LogP contribution is 2.33. The lowest BCUT2D eigenvalue weighted by Gasteiger charge is -2.25. The summed E-state index contributed by atoms with van der Waals surface area (Å²) in [4.78, 5) is 26.3. The number of nitrogens with zero attached hydrogens (tertiary/aromatic N) is 1. The van der Waals surface area contributed by atoms with Crippen LogP contribution in [0.3, 0.4) is 0 Å². The van der Waals surface area contributed by atoms with Crippen LogP contribution in [0.15, 0.2) is 48.7 Å². The van der Waals surface area contributed by atoms with E-state index in [9.17, 15) is 9.59 Å². The van der Waals surface area contributed by atoms with Gasteiger partial charge in [-0.2, -0.15) is 0 Å². The zero-order chi connectivity index (χ0) is 22.5. The number of ether oxygens (including phenoxy) is 3. The highest BCUT2D eigenvalue weighted by atomic mass is 16.5. The predicted molar refractivity (Wildman–Crippen MR) is 114 cm³/mol. The lowest BCUT2D eigenvalue weighted by Crippen LogP contribution is -2.49. The minimum absolute atomic E-state index is 0.103. The first-order chi connectivity index (χ1) is 14.8. The summed E-state index contributed by atoms with van der Waals surface area (Å²) in [5.41, 5.74) is 6.03. The first kappa shape index (κ1) is 21.7. The molecule has 31 heavy (non-hydrogen) atoms. The van der Waals surface area contributed by atoms with E-state index in [4.69, 9.17) is 25.4 Å². The fourth-order valence-corrected chi connectivity index (χ4v) is 2.88. The highest BCUT2D eigenvalue weighted by molar-refractivity contribution is 6.08. The van der Waals surface area contributed by atoms with Gasteiger partial charge in [-0.05, 0) is 38.1 Å². The molecule has 0 radical (unpaired) electrons. The molecule has 0 saturated heterocycles. The fraction of sp³-hybridized carbons (Fsp3) is 0.227. The smallest absolute Gasteiger partial charge is 0.339 e. The van der Waals surface area contributed by atoms with Crippen molar-refractivity contribution in [2.45, 2.75) is 20.0 Å². The van der Waals surface area contributed by atoms with Gasteiger partial charge in [0.1, 0.15) is 23.0 Å². The van der Waals surface area contributed by atoms with Crippen LogP contribution in [0.4, 0.5) is 0 Å². The lowest BCUT2D eigenvalue weighted by atomic mass is 10.1. The average molecular weight is 425 g/mol. The summed E-state index contributed by atoms with van der Waals surface area (Å²) in [6.45, 7) is 3.91. The Morgan fingerprint density at radius 3 is 2.68 bits per heavy atom. The topological polar surface area (TPSA) is 129 Å². The number of nitrogens with one attached hydrogen (secondary N) is 1. The van der Waals surface area contributed by atoms with E-state index in [1.807, 2.05) is 13.8 Å². The molecule has 0 aliphatic carbocycles. The Hall–Kier alpha value is -4.01. The van der Waals surface area contributed by atoms with Crippen LogP contribution in [0, 0.1) is 0 Å². The van der Waals surface area contributed by atoms with E-state index in [2.05, 4.69) is 5.32 Å². The second-order valence-electron chi connectivity index (χ2n) is 7.16. The molecule has 0 saturated carbocycles. The summed E-state index contributed by atoms with van der Waals surface area (Å²) < 4.78 is 17.3. The van der Waals surface area contributed by atoms with E-state index in [1.165, 1.54) is 17.2 Å². The molecule has 0 bridgehead atoms. The van der Waals surface area contributed by atoms with E-state index in [0.717, 1.165) is 0 Å². The number of hydrogen-bond donors (Lipinski definition) is 3. The summed E-state index contributed by atoms with van der Waals surface area (Å²) in [6, 6.07) is 9.75. The summed E-state index contributed by atoms with van der Waals surface area (Å²) in [7, 11) is 1.66. The van der Waals surface area contributed by atoms with Gasteiger partial charge in [-0.1, -0.05) is 0 Å². The molecular weight excluding hydrogens is 400 g/mol. The van der Waals surface area contributed by atoms with Crippen LogP contribution >= 0.6 is 0 Å². The molecule has 2 amide bonds. The zero-order valence-corrected chi connectivity index (χ0v) is 17.5. The number of hydrogen-bond acceptors (Lipinski definition) is 6. The van der Waals surface area contributed by atoms with Crippen molar-refractivity contribution in [3.8, 4) is 23.0 Å². The van der Waals surface area contributed by atoms with E-state index < -0.39 is 5.91 Å². The number of carbonyl (C=O) groups is 2. The van der Waals surface area contributed by atoms with E-state index >= 15 is 0 Å². The molecule has 0 spiro atoms. The Morgan fingerprint density at radius 2 is 1.97 bits per heavy atom. The number of nitrogens with two attached hydrogens (primary N) is 2. The van der Waals surface area contributed by atoms with Crippen LogP contribution in [0.25, 0.3) is 0 Å². The third kappa shape index (κ3) is 5.33. The molecule has 2 aromatic rings. The fourth-order valence-electron chi connectivity index (χ4n) is 2.88. The summed E-state index contributed by atoms with van der Waals surface area (Å²) >= 11 is 0. The van der Waals surface area contributed by atoms with E-state index in [0.29, 0.717) is 28.6 Å². The molecule has 9 heteroatoms. The zero-order valence-electron chi connectivity index (χ0n) is 17.5. The summed E-state index contributed by atoms with van der Waals surface area (Å²) in [5.74, 6) is 1.24. The van der Waals surface area contributed by atoms with Crippen LogP contribution in [0.5, 0.6) is 23.0 Å². The van der Waals surface area contributed by atoms with Crippen molar-refractivity contribution in [1.82, 2.24) is 10.2 Å². The van der Waals surface area contributed by atoms with E-state index in [-0.39, 0.29) is 30.1 Å². The number of fused-ring (bicyclic) bond motifs is 1. The number of carbonyl (C=O) groups excluding carboxylic acids is 2. The SMILES string of the molecule is CC(C)Oc1cc(Oc2ccc3c(c2)OCN(C)C3=O)cc(C(=O)NC(=[NH2+])/C=C\N)c1. The van der Waals surface area contributed by atoms with Crippen LogP contribution in [0.2, 0.25) is 0 Å². The Labute approximate surface area is 179 Å². The van der Waals surface area contributed by atoms with Gasteiger partial charge in [0.05, 0.1) is 17.2 Å². The summed E-state index contributed by atoms with van der Waals surface area (Å²) in [5, 5.41) is 8.23. The van der Waals surface area contributed by atoms with Gasteiger partial charge in [-0.25, -0.2) is 10.1 Å². The highest BCUT2D eigenvalue weighted by Gasteiger charge is 2.23. The maximum absolute atomic E-state index is 12.6. The standard InChI is InChI=1S/C22H24N4O5/c1-13(2)30-16-8-14(21(27)25-20(24)6-7-23)9-17(10-16)31-15-4-5-18-19(11-15)29-12-26(3)22(18)28/h4-11,13H,12,23H2,1-3H3,(H2,24,25,27)/p+1/b7-6-. The van der Waals surface area contributed by atoms with Gasteiger partial charge in [-0.3, -0.25) is 10.2 Å². The van der Waals surface area contributed by atoms with Crippen molar-refractivity contribution in [1.29, 1.82) is 0 Å². The normalized spacial score (nSPS) is 13.0. The van der Waals surface area contributed by atoms with Gasteiger partial charge in [-0.15, -0.1) is 0 Å². The second kappa shape index (κ2) is 9.21. The largest absolute Gasteiger partial charge is 0.491 e. The first-order valence-electron chi connectivity index (χ1n) is 9.60. The third-order valence-corrected chi connectivity index (χ3v) is 4.23.